The Morgan fingerprint density at radius 3 is 2.60 bits per heavy atom. The van der Waals surface area contributed by atoms with Gasteiger partial charge in [0, 0.05) is 5.41 Å². The first kappa shape index (κ1) is 17.7. The number of ketones is 1. The highest BCUT2D eigenvalue weighted by Gasteiger charge is 2.67. The lowest BCUT2D eigenvalue weighted by atomic mass is 9.46. The first-order valence-corrected chi connectivity index (χ1v) is 10.3. The molecule has 0 bridgehead atoms. The summed E-state index contributed by atoms with van der Waals surface area (Å²) in [6.07, 6.45) is 9.15. The van der Waals surface area contributed by atoms with E-state index in [1.807, 2.05) is 0 Å². The summed E-state index contributed by atoms with van der Waals surface area (Å²) in [6.45, 7) is 8.26. The van der Waals surface area contributed by atoms with E-state index in [2.05, 4.69) is 26.8 Å². The van der Waals surface area contributed by atoms with Gasteiger partial charge in [0.05, 0.1) is 6.10 Å². The van der Waals surface area contributed by atoms with Gasteiger partial charge < -0.3 is 10.2 Å². The van der Waals surface area contributed by atoms with E-state index >= 15 is 0 Å². The quantitative estimate of drug-likeness (QED) is 0.709. The monoisotopic (exact) mass is 346 g/mol. The van der Waals surface area contributed by atoms with Gasteiger partial charge in [-0.2, -0.15) is 0 Å². The fourth-order valence-electron chi connectivity index (χ4n) is 7.73. The second-order valence-corrected chi connectivity index (χ2v) is 10.1. The predicted octanol–water partition coefficient (Wildman–Crippen LogP) is 3.88. The zero-order valence-electron chi connectivity index (χ0n) is 16.2. The summed E-state index contributed by atoms with van der Waals surface area (Å²) >= 11 is 0. The Hall–Kier alpha value is -0.670. The van der Waals surface area contributed by atoms with E-state index in [1.54, 1.807) is 6.92 Å². The zero-order valence-corrected chi connectivity index (χ0v) is 16.2. The molecule has 0 aliphatic heterocycles. The van der Waals surface area contributed by atoms with Gasteiger partial charge in [-0.15, -0.1) is 0 Å². The van der Waals surface area contributed by atoms with Crippen molar-refractivity contribution in [3.8, 4) is 0 Å². The topological polar surface area (TPSA) is 57.5 Å². The maximum atomic E-state index is 12.4. The third-order valence-electron chi connectivity index (χ3n) is 9.20. The molecule has 0 spiro atoms. The molecule has 0 aromatic carbocycles. The van der Waals surface area contributed by atoms with Crippen LogP contribution in [0.1, 0.15) is 72.6 Å². The minimum atomic E-state index is -1.16. The average molecular weight is 347 g/mol. The van der Waals surface area contributed by atoms with E-state index in [0.29, 0.717) is 17.8 Å². The van der Waals surface area contributed by atoms with E-state index in [9.17, 15) is 15.0 Å². The first-order valence-electron chi connectivity index (χ1n) is 10.3. The number of carbonyl (C=O) groups is 1. The molecule has 0 unspecified atom stereocenters. The van der Waals surface area contributed by atoms with E-state index in [-0.39, 0.29) is 28.6 Å². The molecule has 0 aromatic rings. The van der Waals surface area contributed by atoms with E-state index in [0.717, 1.165) is 44.9 Å². The molecule has 4 aliphatic carbocycles. The summed E-state index contributed by atoms with van der Waals surface area (Å²) in [5, 5.41) is 21.5. The summed E-state index contributed by atoms with van der Waals surface area (Å²) in [5.74, 6) is 1.64. The number of allylic oxidation sites excluding steroid dienone is 1. The molecule has 0 amide bonds. The molecule has 25 heavy (non-hydrogen) atoms. The predicted molar refractivity (Wildman–Crippen MR) is 97.9 cm³/mol. The second-order valence-electron chi connectivity index (χ2n) is 10.1. The van der Waals surface area contributed by atoms with Crippen molar-refractivity contribution in [2.75, 3.05) is 0 Å². The third kappa shape index (κ3) is 2.09. The van der Waals surface area contributed by atoms with Crippen LogP contribution in [0, 0.1) is 34.5 Å². The first-order chi connectivity index (χ1) is 11.6. The maximum absolute atomic E-state index is 12.4. The van der Waals surface area contributed by atoms with Crippen molar-refractivity contribution in [3.63, 3.8) is 0 Å². The Kier molecular flexibility index (Phi) is 3.84. The van der Waals surface area contributed by atoms with Crippen molar-refractivity contribution in [2.24, 2.45) is 34.5 Å². The Morgan fingerprint density at radius 2 is 1.92 bits per heavy atom. The van der Waals surface area contributed by atoms with Gasteiger partial charge in [0.25, 0.3) is 0 Å². The van der Waals surface area contributed by atoms with Crippen molar-refractivity contribution < 1.29 is 15.0 Å². The lowest BCUT2D eigenvalue weighted by Gasteiger charge is -2.58. The summed E-state index contributed by atoms with van der Waals surface area (Å²) in [7, 11) is 0. The van der Waals surface area contributed by atoms with Crippen LogP contribution < -0.4 is 0 Å². The Bertz CT molecular complexity index is 625. The number of hydrogen-bond donors (Lipinski definition) is 2. The van der Waals surface area contributed by atoms with Crippen molar-refractivity contribution in [1.82, 2.24) is 0 Å². The van der Waals surface area contributed by atoms with Gasteiger partial charge in [0.1, 0.15) is 5.60 Å². The Labute approximate surface area is 151 Å². The number of rotatable bonds is 1. The van der Waals surface area contributed by atoms with Crippen molar-refractivity contribution in [1.29, 1.82) is 0 Å². The molecule has 140 valence electrons. The number of fused-ring (bicyclic) bond motifs is 5. The van der Waals surface area contributed by atoms with Gasteiger partial charge in [-0.05, 0) is 81.0 Å². The molecule has 0 radical (unpaired) electrons. The molecule has 2 N–H and O–H groups in total. The van der Waals surface area contributed by atoms with Gasteiger partial charge in [-0.1, -0.05) is 32.4 Å². The van der Waals surface area contributed by atoms with Crippen LogP contribution in [0.4, 0.5) is 0 Å². The number of aliphatic hydroxyl groups excluding tert-OH is 1. The van der Waals surface area contributed by atoms with Crippen LogP contribution in [0.5, 0.6) is 0 Å². The normalized spacial score (nSPS) is 55.0. The second kappa shape index (κ2) is 5.42. The molecule has 8 atom stereocenters. The molecule has 4 rings (SSSR count). The van der Waals surface area contributed by atoms with Crippen LogP contribution in [0.15, 0.2) is 11.6 Å². The lowest BCUT2D eigenvalue weighted by Crippen LogP contribution is -2.58. The standard InChI is InChI=1S/C22H34O3/c1-13-11-19-17-6-5-15-12-16(24)7-9-20(15,3)18(17)8-10-21(19,4)22(13,25)14(2)23/h5,13,16-19,24-25H,6-12H2,1-4H3/t13-,16-,17-,18-,19-,20+,21-,22+/m1/s1. The van der Waals surface area contributed by atoms with Crippen molar-refractivity contribution in [2.45, 2.75) is 84.3 Å². The summed E-state index contributed by atoms with van der Waals surface area (Å²) in [5.41, 5.74) is 0.249. The molecule has 3 nitrogen and oxygen atoms in total. The van der Waals surface area contributed by atoms with Crippen LogP contribution in [-0.2, 0) is 4.79 Å². The van der Waals surface area contributed by atoms with Gasteiger partial charge in [0.15, 0.2) is 5.78 Å². The van der Waals surface area contributed by atoms with E-state index in [1.165, 1.54) is 5.57 Å². The molecular weight excluding hydrogens is 312 g/mol. The molecule has 3 fully saturated rings. The van der Waals surface area contributed by atoms with Gasteiger partial charge in [-0.3, -0.25) is 4.79 Å². The molecule has 3 heteroatoms. The number of aliphatic hydroxyl groups is 2. The van der Waals surface area contributed by atoms with Crippen molar-refractivity contribution >= 4 is 5.78 Å². The molecule has 3 saturated carbocycles. The molecule has 0 heterocycles. The zero-order chi connectivity index (χ0) is 18.2. The number of hydrogen-bond acceptors (Lipinski definition) is 3. The van der Waals surface area contributed by atoms with Gasteiger partial charge in [-0.25, -0.2) is 0 Å². The van der Waals surface area contributed by atoms with Crippen LogP contribution in [-0.4, -0.2) is 27.7 Å². The fraction of sp³-hybridized carbons (Fsp3) is 0.864. The molecule has 4 aliphatic rings. The van der Waals surface area contributed by atoms with Crippen LogP contribution in [0.3, 0.4) is 0 Å². The van der Waals surface area contributed by atoms with Crippen molar-refractivity contribution in [3.05, 3.63) is 11.6 Å². The Balaban J connectivity index is 1.72. The highest BCUT2D eigenvalue weighted by molar-refractivity contribution is 5.86. The Morgan fingerprint density at radius 1 is 1.20 bits per heavy atom. The van der Waals surface area contributed by atoms with Gasteiger partial charge >= 0.3 is 0 Å². The van der Waals surface area contributed by atoms with E-state index < -0.39 is 5.60 Å². The van der Waals surface area contributed by atoms with Crippen LogP contribution in [0.25, 0.3) is 0 Å². The minimum Gasteiger partial charge on any atom is -0.393 e. The lowest BCUT2D eigenvalue weighted by molar-refractivity contribution is -0.165. The average Bonchev–Trinajstić information content (AvgIpc) is 2.77. The highest BCUT2D eigenvalue weighted by atomic mass is 16.3. The van der Waals surface area contributed by atoms with Crippen LogP contribution in [0.2, 0.25) is 0 Å². The minimum absolute atomic E-state index is 0.0394. The number of Topliss-reactive ketones (excluding diaryl/α,β-unsaturated/α-hetero) is 1. The van der Waals surface area contributed by atoms with E-state index in [4.69, 9.17) is 0 Å². The fourth-order valence-corrected chi connectivity index (χ4v) is 7.73. The summed E-state index contributed by atoms with van der Waals surface area (Å²) < 4.78 is 0. The highest BCUT2D eigenvalue weighted by Crippen LogP contribution is 2.68. The SMILES string of the molecule is CC(=O)[C@@]1(O)[C@H](C)C[C@@H]2[C@@H]3CC=C4C[C@H](O)CC[C@]4(C)[C@@H]3CC[C@]21C. The number of carbonyl (C=O) groups excluding carboxylic acids is 1. The molecular formula is C22H34O3. The smallest absolute Gasteiger partial charge is 0.162 e. The molecule has 0 aromatic heterocycles. The third-order valence-corrected chi connectivity index (χ3v) is 9.20. The molecule has 0 saturated heterocycles. The summed E-state index contributed by atoms with van der Waals surface area (Å²) in [6, 6.07) is 0. The van der Waals surface area contributed by atoms with Gasteiger partial charge in [0.2, 0.25) is 0 Å². The summed E-state index contributed by atoms with van der Waals surface area (Å²) in [4.78, 5) is 12.4. The largest absolute Gasteiger partial charge is 0.393 e. The van der Waals surface area contributed by atoms with Crippen LogP contribution >= 0.6 is 0 Å². The maximum Gasteiger partial charge on any atom is 0.162 e.